The number of hydrogen-bond acceptors (Lipinski definition) is 1. The zero-order valence-electron chi connectivity index (χ0n) is 15.3. The smallest absolute Gasteiger partial charge is 0.255 e. The summed E-state index contributed by atoms with van der Waals surface area (Å²) in [6, 6.07) is 15.9. The van der Waals surface area contributed by atoms with Crippen molar-refractivity contribution in [3.8, 4) is 0 Å². The second-order valence-corrected chi connectivity index (χ2v) is 7.37. The van der Waals surface area contributed by atoms with E-state index in [0.29, 0.717) is 5.56 Å². The van der Waals surface area contributed by atoms with Crippen LogP contribution < -0.4 is 5.32 Å². The molecule has 3 rings (SSSR count). The Morgan fingerprint density at radius 1 is 1.04 bits per heavy atom. The maximum Gasteiger partial charge on any atom is 0.255 e. The highest BCUT2D eigenvalue weighted by Gasteiger charge is 2.13. The molecule has 0 atom stereocenters. The first-order chi connectivity index (χ1) is 12.2. The van der Waals surface area contributed by atoms with Crippen molar-refractivity contribution < 1.29 is 4.79 Å². The van der Waals surface area contributed by atoms with Gasteiger partial charge in [-0.3, -0.25) is 4.79 Å². The van der Waals surface area contributed by atoms with Crippen molar-refractivity contribution in [1.29, 1.82) is 0 Å². The van der Waals surface area contributed by atoms with Crippen LogP contribution in [0.4, 0.5) is 5.69 Å². The zero-order valence-corrected chi connectivity index (χ0v) is 15.3. The number of nitrogens with one attached hydrogen (secondary N) is 1. The van der Waals surface area contributed by atoms with Crippen molar-refractivity contribution in [3.05, 3.63) is 65.2 Å². The van der Waals surface area contributed by atoms with Crippen LogP contribution in [0, 0.1) is 12.8 Å². The fourth-order valence-electron chi connectivity index (χ4n) is 3.81. The van der Waals surface area contributed by atoms with Crippen molar-refractivity contribution in [3.63, 3.8) is 0 Å². The third-order valence-electron chi connectivity index (χ3n) is 5.39. The molecule has 0 saturated heterocycles. The fraction of sp³-hybridized carbons (Fsp3) is 0.435. The third-order valence-corrected chi connectivity index (χ3v) is 5.39. The van der Waals surface area contributed by atoms with Gasteiger partial charge in [-0.25, -0.2) is 0 Å². The lowest BCUT2D eigenvalue weighted by molar-refractivity contribution is 0.102. The number of rotatable bonds is 6. The summed E-state index contributed by atoms with van der Waals surface area (Å²) in [5.74, 6) is 0.902. The van der Waals surface area contributed by atoms with Crippen molar-refractivity contribution in [2.75, 3.05) is 5.32 Å². The van der Waals surface area contributed by atoms with Crippen LogP contribution >= 0.6 is 0 Å². The van der Waals surface area contributed by atoms with Gasteiger partial charge in [0.1, 0.15) is 0 Å². The molecule has 2 aromatic rings. The van der Waals surface area contributed by atoms with E-state index in [-0.39, 0.29) is 5.91 Å². The van der Waals surface area contributed by atoms with E-state index in [1.807, 2.05) is 37.3 Å². The van der Waals surface area contributed by atoms with Gasteiger partial charge in [-0.05, 0) is 55.0 Å². The topological polar surface area (TPSA) is 29.1 Å². The molecule has 0 aromatic heterocycles. The summed E-state index contributed by atoms with van der Waals surface area (Å²) in [5, 5.41) is 3.07. The van der Waals surface area contributed by atoms with Crippen LogP contribution in [0.3, 0.4) is 0 Å². The molecule has 1 N–H and O–H groups in total. The summed E-state index contributed by atoms with van der Waals surface area (Å²) in [7, 11) is 0. The molecular formula is C23H29NO. The van der Waals surface area contributed by atoms with Crippen LogP contribution in [0.15, 0.2) is 48.5 Å². The molecule has 1 fully saturated rings. The van der Waals surface area contributed by atoms with Crippen LogP contribution in [0.25, 0.3) is 0 Å². The van der Waals surface area contributed by atoms with Gasteiger partial charge < -0.3 is 5.32 Å². The zero-order chi connectivity index (χ0) is 17.5. The molecule has 1 amide bonds. The van der Waals surface area contributed by atoms with Gasteiger partial charge >= 0.3 is 0 Å². The fourth-order valence-corrected chi connectivity index (χ4v) is 3.81. The largest absolute Gasteiger partial charge is 0.322 e. The number of carbonyl (C=O) groups excluding carboxylic acids is 1. The summed E-state index contributed by atoms with van der Waals surface area (Å²) in [6.45, 7) is 2.05. The van der Waals surface area contributed by atoms with E-state index in [1.165, 1.54) is 50.5 Å². The Kier molecular flexibility index (Phi) is 6.27. The number of aryl methyl sites for hydroxylation is 2. The Morgan fingerprint density at radius 3 is 2.56 bits per heavy atom. The standard InChI is InChI=1S/C23H29NO/c1-18-15-16-20(12-8-11-19-9-4-2-5-10-19)17-22(18)24-23(25)21-13-6-3-7-14-21/h3,6-7,13-17,19H,2,4-5,8-12H2,1H3,(H,24,25). The van der Waals surface area contributed by atoms with Gasteiger partial charge in [-0.1, -0.05) is 68.9 Å². The minimum atomic E-state index is -0.0388. The first-order valence-corrected chi connectivity index (χ1v) is 9.68. The van der Waals surface area contributed by atoms with Gasteiger partial charge in [0.2, 0.25) is 0 Å². The molecule has 0 bridgehead atoms. The number of benzene rings is 2. The summed E-state index contributed by atoms with van der Waals surface area (Å²) < 4.78 is 0. The van der Waals surface area contributed by atoms with E-state index in [9.17, 15) is 4.79 Å². The average molecular weight is 335 g/mol. The first-order valence-electron chi connectivity index (χ1n) is 9.68. The number of amides is 1. The number of hydrogen-bond donors (Lipinski definition) is 1. The monoisotopic (exact) mass is 335 g/mol. The molecule has 0 heterocycles. The molecule has 1 aliphatic carbocycles. The molecule has 25 heavy (non-hydrogen) atoms. The van der Waals surface area contributed by atoms with Crippen LogP contribution in [0.2, 0.25) is 0 Å². The molecule has 132 valence electrons. The van der Waals surface area contributed by atoms with Gasteiger partial charge in [-0.15, -0.1) is 0 Å². The highest BCUT2D eigenvalue weighted by atomic mass is 16.1. The molecule has 0 aliphatic heterocycles. The molecule has 0 radical (unpaired) electrons. The van der Waals surface area contributed by atoms with E-state index in [4.69, 9.17) is 0 Å². The lowest BCUT2D eigenvalue weighted by atomic mass is 9.85. The van der Waals surface area contributed by atoms with Gasteiger partial charge in [0.25, 0.3) is 5.91 Å². The minimum absolute atomic E-state index is 0.0388. The summed E-state index contributed by atoms with van der Waals surface area (Å²) in [5.41, 5.74) is 4.07. The third kappa shape index (κ3) is 5.19. The second kappa shape index (κ2) is 8.84. The van der Waals surface area contributed by atoms with E-state index >= 15 is 0 Å². The normalized spacial score (nSPS) is 15.1. The van der Waals surface area contributed by atoms with E-state index in [2.05, 4.69) is 23.5 Å². The van der Waals surface area contributed by atoms with E-state index < -0.39 is 0 Å². The highest BCUT2D eigenvalue weighted by Crippen LogP contribution is 2.28. The summed E-state index contributed by atoms with van der Waals surface area (Å²) in [4.78, 5) is 12.4. The number of carbonyl (C=O) groups is 1. The maximum absolute atomic E-state index is 12.4. The second-order valence-electron chi connectivity index (χ2n) is 7.37. The molecule has 2 aromatic carbocycles. The van der Waals surface area contributed by atoms with E-state index in [1.54, 1.807) is 0 Å². The minimum Gasteiger partial charge on any atom is -0.322 e. The van der Waals surface area contributed by atoms with Gasteiger partial charge in [0.05, 0.1) is 0 Å². The van der Waals surface area contributed by atoms with Gasteiger partial charge in [-0.2, -0.15) is 0 Å². The van der Waals surface area contributed by atoms with Crippen molar-refractivity contribution in [1.82, 2.24) is 0 Å². The van der Waals surface area contributed by atoms with Gasteiger partial charge in [0.15, 0.2) is 0 Å². The molecule has 0 unspecified atom stereocenters. The van der Waals surface area contributed by atoms with Crippen LogP contribution in [-0.2, 0) is 6.42 Å². The van der Waals surface area contributed by atoms with Gasteiger partial charge in [0, 0.05) is 11.3 Å². The molecule has 0 spiro atoms. The Bertz CT molecular complexity index is 686. The first kappa shape index (κ1) is 17.7. The maximum atomic E-state index is 12.4. The van der Waals surface area contributed by atoms with Crippen LogP contribution in [0.1, 0.15) is 66.4 Å². The SMILES string of the molecule is Cc1ccc(CCCC2CCCCC2)cc1NC(=O)c1ccccc1. The van der Waals surface area contributed by atoms with Crippen LogP contribution in [0.5, 0.6) is 0 Å². The van der Waals surface area contributed by atoms with E-state index in [0.717, 1.165) is 23.6 Å². The van der Waals surface area contributed by atoms with Crippen molar-refractivity contribution in [2.24, 2.45) is 5.92 Å². The Morgan fingerprint density at radius 2 is 1.80 bits per heavy atom. The van der Waals surface area contributed by atoms with Crippen molar-refractivity contribution in [2.45, 2.75) is 58.3 Å². The lowest BCUT2D eigenvalue weighted by Gasteiger charge is -2.21. The Hall–Kier alpha value is -2.09. The lowest BCUT2D eigenvalue weighted by Crippen LogP contribution is -2.12. The van der Waals surface area contributed by atoms with Crippen molar-refractivity contribution >= 4 is 11.6 Å². The highest BCUT2D eigenvalue weighted by molar-refractivity contribution is 6.04. The van der Waals surface area contributed by atoms with Crippen LogP contribution in [-0.4, -0.2) is 5.91 Å². The quantitative estimate of drug-likeness (QED) is 0.674. The average Bonchev–Trinajstić information content (AvgIpc) is 2.66. The molecule has 1 saturated carbocycles. The number of anilines is 1. The molecule has 2 heteroatoms. The summed E-state index contributed by atoms with van der Waals surface area (Å²) >= 11 is 0. The molecule has 1 aliphatic rings. The Balaban J connectivity index is 1.57. The molecular weight excluding hydrogens is 306 g/mol. The molecule has 2 nitrogen and oxygen atoms in total. The Labute approximate surface area is 151 Å². The predicted molar refractivity (Wildman–Crippen MR) is 105 cm³/mol. The predicted octanol–water partition coefficient (Wildman–Crippen LogP) is 6.15. The summed E-state index contributed by atoms with van der Waals surface area (Å²) in [6.07, 6.45) is 10.8.